The summed E-state index contributed by atoms with van der Waals surface area (Å²) in [5.74, 6) is 0.261. The Labute approximate surface area is 462 Å². The minimum atomic E-state index is -0.931. The van der Waals surface area contributed by atoms with Crippen LogP contribution in [0.3, 0.4) is 0 Å². The Hall–Kier alpha value is -4.73. The highest BCUT2D eigenvalue weighted by Crippen LogP contribution is 2.62. The zero-order valence-corrected chi connectivity index (χ0v) is 45.3. The van der Waals surface area contributed by atoms with Crippen molar-refractivity contribution in [2.75, 3.05) is 12.5 Å². The normalized spacial score (nSPS) is 29.1. The van der Waals surface area contributed by atoms with Crippen molar-refractivity contribution in [2.24, 2.45) is 11.8 Å². The smallest absolute Gasteiger partial charge is 0.344 e. The molecule has 0 spiro atoms. The van der Waals surface area contributed by atoms with Gasteiger partial charge in [-0.05, 0) is 147 Å². The standard InChI is InChI=1S/C30H31O5S.C18H14OS.C12H17ClO4.2ClH/c31-27(35-30-17-22-15-28(32,20-30)19-29(33,16-22)21-30)18-34-23-11-13-26(14-12-23)36(24-7-3-1-4-8-24)25-9-5-2-6-10-25;19-15-11-13-18(14-12-15)20(16-7-3-1-4-8-16)17-9-5-2-6-10-17;13-4-9(14)17-12-3-8-1-10(15,6-12)5-11(16,2-8)7-12;;/h1-14,22,32-33H,15-21H2;1-14H;8,15-16H,1-7H2;2*1H/q+1;;;;/p-1. The maximum Gasteiger partial charge on any atom is 0.344 e. The second kappa shape index (κ2) is 23.1. The number of hydrogen-bond donors (Lipinski definition) is 5. The number of alkyl halides is 1. The fourth-order valence-electron chi connectivity index (χ4n) is 13.7. The number of aliphatic hydroxyl groups is 4. The molecule has 5 N–H and O–H groups in total. The highest BCUT2D eigenvalue weighted by molar-refractivity contribution is 7.97. The van der Waals surface area contributed by atoms with E-state index < -0.39 is 45.5 Å². The first-order valence-electron chi connectivity index (χ1n) is 25.1. The molecule has 6 aromatic rings. The molecule has 8 saturated carbocycles. The van der Waals surface area contributed by atoms with E-state index in [0.29, 0.717) is 69.3 Å². The number of phenolic OH excluding ortho intramolecular Hbond substituents is 1. The third-order valence-electron chi connectivity index (χ3n) is 15.1. The first-order valence-corrected chi connectivity index (χ1v) is 28.1. The highest BCUT2D eigenvalue weighted by Gasteiger charge is 2.66. The summed E-state index contributed by atoms with van der Waals surface area (Å²) >= 11 is 5.46. The predicted molar refractivity (Wildman–Crippen MR) is 281 cm³/mol. The van der Waals surface area contributed by atoms with E-state index in [1.165, 1.54) is 24.5 Å². The Morgan fingerprint density at radius 2 is 0.747 bits per heavy atom. The molecule has 4 unspecified atom stereocenters. The Kier molecular flexibility index (Phi) is 17.4. The Balaban J connectivity index is 0.000000162. The van der Waals surface area contributed by atoms with Gasteiger partial charge >= 0.3 is 11.9 Å². The Morgan fingerprint density at radius 3 is 1.07 bits per heavy atom. The fourth-order valence-corrected chi connectivity index (χ4v) is 17.9. The minimum absolute atomic E-state index is 0. The van der Waals surface area contributed by atoms with Crippen molar-refractivity contribution in [1.82, 2.24) is 0 Å². The molecule has 14 rings (SSSR count). The zero-order chi connectivity index (χ0) is 50.9. The minimum Gasteiger partial charge on any atom is -1.00 e. The molecule has 15 heteroatoms. The summed E-state index contributed by atoms with van der Waals surface area (Å²) in [6.45, 7) is -0.203. The summed E-state index contributed by atoms with van der Waals surface area (Å²) in [5.41, 5.74) is -5.05. The van der Waals surface area contributed by atoms with Crippen molar-refractivity contribution < 1.29 is 74.1 Å². The van der Waals surface area contributed by atoms with Gasteiger partial charge in [0, 0.05) is 38.5 Å². The topological polar surface area (TPSA) is 163 Å². The number of aromatic hydroxyl groups is 1. The lowest BCUT2D eigenvalue weighted by molar-refractivity contribution is -0.262. The largest absolute Gasteiger partial charge is 1.00 e. The predicted octanol–water partition coefficient (Wildman–Crippen LogP) is 4.37. The third kappa shape index (κ3) is 13.2. The Morgan fingerprint density at radius 1 is 0.440 bits per heavy atom. The fraction of sp³-hybridized carbons (Fsp3) is 0.367. The van der Waals surface area contributed by atoms with E-state index in [-0.39, 0.29) is 70.9 Å². The first-order chi connectivity index (χ1) is 35.0. The average molecular weight is 1110 g/mol. The molecule has 8 aliphatic rings. The molecule has 0 heterocycles. The molecule has 0 amide bonds. The van der Waals surface area contributed by atoms with Crippen LogP contribution < -0.4 is 29.6 Å². The number of halogens is 3. The molecule has 75 heavy (non-hydrogen) atoms. The number of hydrogen-bond acceptors (Lipinski definition) is 10. The maximum atomic E-state index is 12.7. The van der Waals surface area contributed by atoms with Gasteiger partial charge in [-0.15, -0.1) is 11.6 Å². The lowest BCUT2D eigenvalue weighted by atomic mass is 9.50. The van der Waals surface area contributed by atoms with Crippen LogP contribution in [0.5, 0.6) is 11.5 Å². The van der Waals surface area contributed by atoms with Crippen LogP contribution in [0.15, 0.2) is 199 Å². The summed E-state index contributed by atoms with van der Waals surface area (Å²) in [5, 5.41) is 52.2. The second-order valence-corrected chi connectivity index (χ2v) is 25.8. The monoisotopic (exact) mass is 1110 g/mol. The average Bonchev–Trinajstić information content (AvgIpc) is 3.34. The van der Waals surface area contributed by atoms with Crippen LogP contribution in [0.25, 0.3) is 0 Å². The van der Waals surface area contributed by atoms with Gasteiger partial charge in [-0.25, -0.2) is 4.79 Å². The van der Waals surface area contributed by atoms with E-state index >= 15 is 0 Å². The van der Waals surface area contributed by atoms with Crippen LogP contribution in [0.1, 0.15) is 77.0 Å². The van der Waals surface area contributed by atoms with Crippen LogP contribution in [0.2, 0.25) is 0 Å². The number of esters is 2. The SMILES string of the molecule is O=C(CCl)OC12CC3CC(O)(CC(O)(C3)C1)C2.O=C(COc1ccc([S+](c2ccccc2)c2ccccc2)cc1)OC12CC3CC(O)(CC(O)(C3)C1)C2.Oc1ccc([S+](c2ccccc2)c2ccccc2)cc1.[Cl-].[Cl-]. The molecule has 0 aromatic heterocycles. The van der Waals surface area contributed by atoms with Crippen molar-refractivity contribution in [3.8, 4) is 11.5 Å². The molecule has 8 fully saturated rings. The van der Waals surface area contributed by atoms with E-state index in [1.807, 2.05) is 60.7 Å². The number of carbonyl (C=O) groups excluding carboxylic acids is 2. The van der Waals surface area contributed by atoms with Gasteiger partial charge in [0.25, 0.3) is 0 Å². The number of benzene rings is 6. The van der Waals surface area contributed by atoms with Gasteiger partial charge in [0.05, 0.1) is 44.2 Å². The van der Waals surface area contributed by atoms with Crippen molar-refractivity contribution in [3.05, 3.63) is 170 Å². The van der Waals surface area contributed by atoms with Gasteiger partial charge in [0.2, 0.25) is 0 Å². The van der Waals surface area contributed by atoms with E-state index in [0.717, 1.165) is 24.2 Å². The van der Waals surface area contributed by atoms with Crippen molar-refractivity contribution in [3.63, 3.8) is 0 Å². The molecule has 396 valence electrons. The van der Waals surface area contributed by atoms with Gasteiger partial charge in [-0.1, -0.05) is 72.8 Å². The lowest BCUT2D eigenvalue weighted by Crippen LogP contribution is -3.00. The number of ether oxygens (including phenoxy) is 3. The second-order valence-electron chi connectivity index (χ2n) is 21.5. The number of rotatable bonds is 12. The maximum absolute atomic E-state index is 12.7. The van der Waals surface area contributed by atoms with Crippen LogP contribution in [0, 0.1) is 11.8 Å². The van der Waals surface area contributed by atoms with Crippen LogP contribution in [-0.4, -0.2) is 83.6 Å². The first kappa shape index (κ1) is 56.5. The molecule has 0 saturated heterocycles. The van der Waals surface area contributed by atoms with Crippen molar-refractivity contribution in [1.29, 1.82) is 0 Å². The van der Waals surface area contributed by atoms with Gasteiger partial charge < -0.3 is 64.6 Å². The molecule has 4 atom stereocenters. The van der Waals surface area contributed by atoms with Gasteiger partial charge in [-0.2, -0.15) is 0 Å². The van der Waals surface area contributed by atoms with Crippen LogP contribution >= 0.6 is 11.6 Å². The summed E-state index contributed by atoms with van der Waals surface area (Å²) in [6, 6.07) is 57.2. The molecule has 6 aromatic carbocycles. The molecule has 10 nitrogen and oxygen atoms in total. The van der Waals surface area contributed by atoms with E-state index in [2.05, 4.69) is 97.1 Å². The third-order valence-corrected chi connectivity index (χ3v) is 19.8. The highest BCUT2D eigenvalue weighted by atomic mass is 35.5. The molecular formula is C60H63Cl3O10S2. The van der Waals surface area contributed by atoms with Crippen molar-refractivity contribution >= 4 is 45.3 Å². The summed E-state index contributed by atoms with van der Waals surface area (Å²) in [4.78, 5) is 31.5. The van der Waals surface area contributed by atoms with Gasteiger partial charge in [0.15, 0.2) is 36.0 Å². The molecule has 8 bridgehead atoms. The molecule has 8 aliphatic carbocycles. The Bertz CT molecular complexity index is 2740. The number of phenols is 1. The quantitative estimate of drug-likeness (QED) is 0.0677. The summed E-state index contributed by atoms with van der Waals surface area (Å²) < 4.78 is 17.1. The van der Waals surface area contributed by atoms with E-state index in [9.17, 15) is 35.1 Å². The van der Waals surface area contributed by atoms with Crippen LogP contribution in [-0.2, 0) is 40.9 Å². The van der Waals surface area contributed by atoms with Crippen LogP contribution in [0.4, 0.5) is 0 Å². The summed E-state index contributed by atoms with van der Waals surface area (Å²) in [7, 11) is -0.380. The molecule has 0 radical (unpaired) electrons. The number of carbonyl (C=O) groups is 2. The van der Waals surface area contributed by atoms with Gasteiger partial charge in [0.1, 0.15) is 28.6 Å². The van der Waals surface area contributed by atoms with Gasteiger partial charge in [-0.3, -0.25) is 4.79 Å². The lowest BCUT2D eigenvalue weighted by Gasteiger charge is -2.62. The zero-order valence-electron chi connectivity index (χ0n) is 41.4. The molecule has 0 aliphatic heterocycles. The van der Waals surface area contributed by atoms with E-state index in [4.69, 9.17) is 25.8 Å². The van der Waals surface area contributed by atoms with E-state index in [1.54, 1.807) is 12.1 Å². The summed E-state index contributed by atoms with van der Waals surface area (Å²) in [6.07, 6.45) is 6.76. The molecular weight excluding hydrogens is 1050 g/mol. The van der Waals surface area contributed by atoms with Crippen molar-refractivity contribution in [2.45, 2.75) is 140 Å².